The van der Waals surface area contributed by atoms with E-state index in [-0.39, 0.29) is 22.2 Å². The fourth-order valence-corrected chi connectivity index (χ4v) is 5.62. The van der Waals surface area contributed by atoms with Crippen LogP contribution in [0.25, 0.3) is 0 Å². The van der Waals surface area contributed by atoms with Gasteiger partial charge in [-0.1, -0.05) is 6.07 Å². The van der Waals surface area contributed by atoms with Crippen molar-refractivity contribution >= 4 is 50.4 Å². The van der Waals surface area contributed by atoms with Crippen LogP contribution in [0.15, 0.2) is 69.1 Å². The van der Waals surface area contributed by atoms with Gasteiger partial charge >= 0.3 is 0 Å². The molecule has 0 saturated carbocycles. The minimum atomic E-state index is -3.58. The zero-order valence-corrected chi connectivity index (χ0v) is 18.3. The molecule has 1 unspecified atom stereocenters. The van der Waals surface area contributed by atoms with Crippen LogP contribution < -0.4 is 19.5 Å². The lowest BCUT2D eigenvalue weighted by molar-refractivity contribution is -0.115. The molecular weight excluding hydrogens is 444 g/mol. The van der Waals surface area contributed by atoms with Gasteiger partial charge in [0.05, 0.1) is 5.25 Å². The standard InChI is InChI=1S/C20H18N2O5S3/c1-13(20(23)21-15-6-9-17-18(11-15)27-12-26-17)29-16-7-4-14(5-8-16)22-30(24,25)19-3-2-10-28-19/h2-11,13,22H,12H2,1H3,(H,21,23). The Bertz CT molecular complexity index is 1150. The summed E-state index contributed by atoms with van der Waals surface area (Å²) in [6.07, 6.45) is 0. The molecular formula is C20H18N2O5S3. The molecule has 7 nitrogen and oxygen atoms in total. The highest BCUT2D eigenvalue weighted by Crippen LogP contribution is 2.34. The summed E-state index contributed by atoms with van der Waals surface area (Å²) < 4.78 is 38.0. The first kappa shape index (κ1) is 20.6. The molecule has 2 heterocycles. The first-order chi connectivity index (χ1) is 14.4. The number of ether oxygens (including phenoxy) is 2. The van der Waals surface area contributed by atoms with Crippen molar-refractivity contribution in [2.75, 3.05) is 16.8 Å². The van der Waals surface area contributed by atoms with E-state index >= 15 is 0 Å². The largest absolute Gasteiger partial charge is 0.454 e. The van der Waals surface area contributed by atoms with Crippen molar-refractivity contribution in [3.8, 4) is 11.5 Å². The summed E-state index contributed by atoms with van der Waals surface area (Å²) >= 11 is 2.53. The van der Waals surface area contributed by atoms with E-state index in [0.29, 0.717) is 22.9 Å². The maximum Gasteiger partial charge on any atom is 0.271 e. The van der Waals surface area contributed by atoms with Crippen molar-refractivity contribution in [2.24, 2.45) is 0 Å². The van der Waals surface area contributed by atoms with Gasteiger partial charge in [0, 0.05) is 22.3 Å². The molecule has 0 fully saturated rings. The minimum Gasteiger partial charge on any atom is -0.454 e. The maximum absolute atomic E-state index is 12.5. The van der Waals surface area contributed by atoms with Crippen LogP contribution in [-0.2, 0) is 14.8 Å². The van der Waals surface area contributed by atoms with Crippen LogP contribution in [0.3, 0.4) is 0 Å². The quantitative estimate of drug-likeness (QED) is 0.506. The fraction of sp³-hybridized carbons (Fsp3) is 0.150. The molecule has 0 bridgehead atoms. The number of carbonyl (C=O) groups excluding carboxylic acids is 1. The molecule has 1 amide bonds. The molecule has 1 aromatic heterocycles. The number of hydrogen-bond acceptors (Lipinski definition) is 7. The van der Waals surface area contributed by atoms with Crippen molar-refractivity contribution < 1.29 is 22.7 Å². The van der Waals surface area contributed by atoms with E-state index in [2.05, 4.69) is 10.0 Å². The van der Waals surface area contributed by atoms with Gasteiger partial charge in [-0.2, -0.15) is 0 Å². The lowest BCUT2D eigenvalue weighted by atomic mass is 10.2. The first-order valence-electron chi connectivity index (χ1n) is 8.94. The zero-order chi connectivity index (χ0) is 21.1. The number of benzene rings is 2. The lowest BCUT2D eigenvalue weighted by Crippen LogP contribution is -2.22. The normalized spacial score (nSPS) is 13.6. The third-order valence-electron chi connectivity index (χ3n) is 4.19. The molecule has 2 N–H and O–H groups in total. The second-order valence-corrected chi connectivity index (χ2v) is 10.7. The van der Waals surface area contributed by atoms with E-state index in [1.54, 1.807) is 66.9 Å². The van der Waals surface area contributed by atoms with Crippen molar-refractivity contribution in [3.63, 3.8) is 0 Å². The highest BCUT2D eigenvalue weighted by atomic mass is 32.2. The van der Waals surface area contributed by atoms with E-state index in [4.69, 9.17) is 9.47 Å². The summed E-state index contributed by atoms with van der Waals surface area (Å²) in [5.74, 6) is 1.11. The Labute approximate surface area is 182 Å². The number of thioether (sulfide) groups is 1. The molecule has 0 radical (unpaired) electrons. The Balaban J connectivity index is 1.35. The molecule has 1 aliphatic rings. The molecule has 0 spiro atoms. The third kappa shape index (κ3) is 4.72. The summed E-state index contributed by atoms with van der Waals surface area (Å²) in [6.45, 7) is 1.98. The van der Waals surface area contributed by atoms with Crippen molar-refractivity contribution in [3.05, 3.63) is 60.0 Å². The molecule has 0 saturated heterocycles. The second-order valence-electron chi connectivity index (χ2n) is 6.38. The summed E-state index contributed by atoms with van der Waals surface area (Å²) in [6, 6.07) is 15.4. The summed E-state index contributed by atoms with van der Waals surface area (Å²) in [4.78, 5) is 13.4. The molecule has 4 rings (SSSR count). The maximum atomic E-state index is 12.5. The second kappa shape index (κ2) is 8.58. The van der Waals surface area contributed by atoms with Gasteiger partial charge in [-0.25, -0.2) is 8.42 Å². The number of anilines is 2. The van der Waals surface area contributed by atoms with Crippen molar-refractivity contribution in [1.82, 2.24) is 0 Å². The predicted octanol–water partition coefficient (Wildman–Crippen LogP) is 4.40. The molecule has 10 heteroatoms. The average molecular weight is 463 g/mol. The molecule has 156 valence electrons. The topological polar surface area (TPSA) is 93.7 Å². The van der Waals surface area contributed by atoms with E-state index < -0.39 is 10.0 Å². The molecule has 0 aliphatic carbocycles. The Kier molecular flexibility index (Phi) is 5.89. The van der Waals surface area contributed by atoms with Gasteiger partial charge in [-0.15, -0.1) is 23.1 Å². The minimum absolute atomic E-state index is 0.152. The van der Waals surface area contributed by atoms with E-state index in [1.807, 2.05) is 0 Å². The Hall–Kier alpha value is -2.69. The molecule has 3 aromatic rings. The molecule has 2 aromatic carbocycles. The summed E-state index contributed by atoms with van der Waals surface area (Å²) in [5.41, 5.74) is 1.10. The Morgan fingerprint density at radius 1 is 1.07 bits per heavy atom. The monoisotopic (exact) mass is 462 g/mol. The number of rotatable bonds is 7. The van der Waals surface area contributed by atoms with Gasteiger partial charge in [0.15, 0.2) is 11.5 Å². The van der Waals surface area contributed by atoms with Crippen LogP contribution in [-0.4, -0.2) is 26.4 Å². The van der Waals surface area contributed by atoms with Crippen molar-refractivity contribution in [2.45, 2.75) is 21.3 Å². The summed E-state index contributed by atoms with van der Waals surface area (Å²) in [7, 11) is -3.58. The number of carbonyl (C=O) groups is 1. The van der Waals surface area contributed by atoms with Gasteiger partial charge in [0.1, 0.15) is 4.21 Å². The van der Waals surface area contributed by atoms with Gasteiger partial charge in [0.2, 0.25) is 12.7 Å². The van der Waals surface area contributed by atoms with Gasteiger partial charge in [0.25, 0.3) is 10.0 Å². The Morgan fingerprint density at radius 3 is 2.53 bits per heavy atom. The van der Waals surface area contributed by atoms with E-state index in [0.717, 1.165) is 16.2 Å². The van der Waals surface area contributed by atoms with Gasteiger partial charge < -0.3 is 14.8 Å². The lowest BCUT2D eigenvalue weighted by Gasteiger charge is -2.13. The highest BCUT2D eigenvalue weighted by Gasteiger charge is 2.18. The van der Waals surface area contributed by atoms with E-state index in [9.17, 15) is 13.2 Å². The fourth-order valence-electron chi connectivity index (χ4n) is 2.70. The van der Waals surface area contributed by atoms with Crippen LogP contribution in [0.2, 0.25) is 0 Å². The van der Waals surface area contributed by atoms with E-state index in [1.165, 1.54) is 11.8 Å². The number of sulfonamides is 1. The number of hydrogen-bond donors (Lipinski definition) is 2. The van der Waals surface area contributed by atoms with Crippen LogP contribution in [0.1, 0.15) is 6.92 Å². The zero-order valence-electron chi connectivity index (χ0n) is 15.8. The number of fused-ring (bicyclic) bond motifs is 1. The number of thiophene rings is 1. The van der Waals surface area contributed by atoms with Gasteiger partial charge in [-0.3, -0.25) is 9.52 Å². The van der Waals surface area contributed by atoms with Crippen molar-refractivity contribution in [1.29, 1.82) is 0 Å². The first-order valence-corrected chi connectivity index (χ1v) is 12.2. The van der Waals surface area contributed by atoms with Crippen LogP contribution in [0.4, 0.5) is 11.4 Å². The van der Waals surface area contributed by atoms with Gasteiger partial charge in [-0.05, 0) is 54.8 Å². The predicted molar refractivity (Wildman–Crippen MR) is 118 cm³/mol. The summed E-state index contributed by atoms with van der Waals surface area (Å²) in [5, 5.41) is 4.22. The molecule has 30 heavy (non-hydrogen) atoms. The highest BCUT2D eigenvalue weighted by molar-refractivity contribution is 8.00. The third-order valence-corrected chi connectivity index (χ3v) is 8.08. The number of amides is 1. The molecule has 1 atom stereocenters. The smallest absolute Gasteiger partial charge is 0.271 e. The average Bonchev–Trinajstić information content (AvgIpc) is 3.41. The SMILES string of the molecule is CC(Sc1ccc(NS(=O)(=O)c2cccs2)cc1)C(=O)Nc1ccc2c(c1)OCO2. The number of nitrogens with one attached hydrogen (secondary N) is 2. The Morgan fingerprint density at radius 2 is 1.80 bits per heavy atom. The van der Waals surface area contributed by atoms with Crippen LogP contribution >= 0.6 is 23.1 Å². The van der Waals surface area contributed by atoms with Crippen LogP contribution in [0.5, 0.6) is 11.5 Å². The van der Waals surface area contributed by atoms with Crippen LogP contribution in [0, 0.1) is 0 Å². The molecule has 1 aliphatic heterocycles.